The van der Waals surface area contributed by atoms with Gasteiger partial charge in [-0.3, -0.25) is 0 Å². The fourth-order valence-electron chi connectivity index (χ4n) is 0.909. The van der Waals surface area contributed by atoms with Crippen LogP contribution < -0.4 is 4.18 Å². The van der Waals surface area contributed by atoms with Crippen LogP contribution >= 0.6 is 11.6 Å². The zero-order chi connectivity index (χ0) is 11.6. The van der Waals surface area contributed by atoms with E-state index < -0.39 is 16.1 Å². The van der Waals surface area contributed by atoms with Crippen LogP contribution in [0.25, 0.3) is 0 Å². The first-order valence-corrected chi connectivity index (χ1v) is 5.91. The lowest BCUT2D eigenvalue weighted by molar-refractivity contribution is 0.0696. The lowest BCUT2D eigenvalue weighted by Gasteiger charge is -2.04. The molecule has 0 amide bonds. The van der Waals surface area contributed by atoms with Gasteiger partial charge in [-0.05, 0) is 12.1 Å². The number of benzene rings is 1. The second kappa shape index (κ2) is 4.08. The molecule has 0 fully saturated rings. The molecule has 0 aliphatic rings. The van der Waals surface area contributed by atoms with Gasteiger partial charge in [-0.15, -0.1) is 0 Å². The highest BCUT2D eigenvalue weighted by molar-refractivity contribution is 7.86. The second-order valence-corrected chi connectivity index (χ2v) is 4.78. The zero-order valence-corrected chi connectivity index (χ0v) is 9.17. The minimum atomic E-state index is -3.69. The van der Waals surface area contributed by atoms with Crippen LogP contribution in [0.1, 0.15) is 10.4 Å². The predicted molar refractivity (Wildman–Crippen MR) is 53.9 cm³/mol. The van der Waals surface area contributed by atoms with E-state index >= 15 is 0 Å². The number of carboxylic acid groups (broad SMARTS) is 1. The minimum absolute atomic E-state index is 0.0913. The van der Waals surface area contributed by atoms with E-state index in [2.05, 4.69) is 4.18 Å². The molecule has 0 aliphatic heterocycles. The van der Waals surface area contributed by atoms with Crippen LogP contribution in [0.3, 0.4) is 0 Å². The Balaban J connectivity index is 3.15. The first-order valence-electron chi connectivity index (χ1n) is 3.71. The molecule has 0 aliphatic carbocycles. The van der Waals surface area contributed by atoms with E-state index in [0.717, 1.165) is 12.3 Å². The summed E-state index contributed by atoms with van der Waals surface area (Å²) in [5.74, 6) is -1.33. The van der Waals surface area contributed by atoms with Gasteiger partial charge in [-0.2, -0.15) is 8.42 Å². The highest BCUT2D eigenvalue weighted by Crippen LogP contribution is 2.22. The number of carbonyl (C=O) groups is 1. The van der Waals surface area contributed by atoms with Crippen molar-refractivity contribution in [1.82, 2.24) is 0 Å². The lowest BCUT2D eigenvalue weighted by atomic mass is 10.2. The fraction of sp³-hybridized carbons (Fsp3) is 0.125. The smallest absolute Gasteiger partial charge is 0.335 e. The molecule has 0 aromatic heterocycles. The van der Waals surface area contributed by atoms with Crippen molar-refractivity contribution in [1.29, 1.82) is 0 Å². The Labute approximate surface area is 91.4 Å². The van der Waals surface area contributed by atoms with E-state index in [0.29, 0.717) is 0 Å². The molecular formula is C8H7ClO5S. The predicted octanol–water partition coefficient (Wildman–Crippen LogP) is 1.38. The van der Waals surface area contributed by atoms with Crippen molar-refractivity contribution in [3.63, 3.8) is 0 Å². The summed E-state index contributed by atoms with van der Waals surface area (Å²) in [4.78, 5) is 10.6. The fourth-order valence-corrected chi connectivity index (χ4v) is 1.58. The number of aromatic carboxylic acids is 1. The Kier molecular flexibility index (Phi) is 3.21. The van der Waals surface area contributed by atoms with Gasteiger partial charge in [0.2, 0.25) is 0 Å². The molecule has 0 spiro atoms. The summed E-state index contributed by atoms with van der Waals surface area (Å²) in [6.07, 6.45) is 0.856. The maximum absolute atomic E-state index is 10.8. The monoisotopic (exact) mass is 250 g/mol. The van der Waals surface area contributed by atoms with Crippen molar-refractivity contribution in [2.45, 2.75) is 0 Å². The average Bonchev–Trinajstić information content (AvgIpc) is 1.99. The van der Waals surface area contributed by atoms with Crippen LogP contribution in [0.2, 0.25) is 5.02 Å². The minimum Gasteiger partial charge on any atom is -0.478 e. The van der Waals surface area contributed by atoms with Crippen molar-refractivity contribution < 1.29 is 22.5 Å². The molecule has 15 heavy (non-hydrogen) atoms. The van der Waals surface area contributed by atoms with Gasteiger partial charge < -0.3 is 9.29 Å². The Morgan fingerprint density at radius 2 is 2.00 bits per heavy atom. The third-order valence-corrected chi connectivity index (χ3v) is 2.08. The van der Waals surface area contributed by atoms with Crippen molar-refractivity contribution in [2.24, 2.45) is 0 Å². The molecule has 0 bridgehead atoms. The van der Waals surface area contributed by atoms with Gasteiger partial charge in [-0.1, -0.05) is 11.6 Å². The van der Waals surface area contributed by atoms with Gasteiger partial charge in [0, 0.05) is 11.1 Å². The number of hydrogen-bond acceptors (Lipinski definition) is 4. The van der Waals surface area contributed by atoms with E-state index in [1.165, 1.54) is 12.1 Å². The molecule has 1 aromatic rings. The van der Waals surface area contributed by atoms with Crippen LogP contribution in [0, 0.1) is 0 Å². The Morgan fingerprint density at radius 1 is 1.40 bits per heavy atom. The number of rotatable bonds is 3. The van der Waals surface area contributed by atoms with Crippen molar-refractivity contribution in [3.8, 4) is 5.75 Å². The normalized spacial score (nSPS) is 11.1. The zero-order valence-electron chi connectivity index (χ0n) is 7.60. The molecule has 0 heterocycles. The molecule has 82 valence electrons. The van der Waals surface area contributed by atoms with Crippen LogP contribution in [-0.4, -0.2) is 25.7 Å². The summed E-state index contributed by atoms with van der Waals surface area (Å²) in [5, 5.41) is 8.76. The first kappa shape index (κ1) is 11.8. The first-order chi connectivity index (χ1) is 6.78. The Bertz CT molecular complexity index is 494. The summed E-state index contributed by atoms with van der Waals surface area (Å²) in [5.41, 5.74) is -0.138. The standard InChI is InChI=1S/C8H7ClO5S/c1-15(12,13)14-7-3-5(8(10)11)2-6(9)4-7/h2-4H,1H3,(H,10,11). The molecule has 0 radical (unpaired) electrons. The number of hydrogen-bond donors (Lipinski definition) is 1. The van der Waals surface area contributed by atoms with E-state index in [9.17, 15) is 13.2 Å². The van der Waals surface area contributed by atoms with Crippen molar-refractivity contribution in [2.75, 3.05) is 6.26 Å². The van der Waals surface area contributed by atoms with E-state index in [1.54, 1.807) is 0 Å². The van der Waals surface area contributed by atoms with E-state index in [4.69, 9.17) is 16.7 Å². The molecule has 5 nitrogen and oxygen atoms in total. The molecule has 0 unspecified atom stereocenters. The van der Waals surface area contributed by atoms with Crippen LogP contribution in [-0.2, 0) is 10.1 Å². The molecule has 7 heteroatoms. The van der Waals surface area contributed by atoms with Gasteiger partial charge >= 0.3 is 16.1 Å². The molecule has 1 N–H and O–H groups in total. The number of carboxylic acids is 1. The second-order valence-electron chi connectivity index (χ2n) is 2.77. The van der Waals surface area contributed by atoms with Gasteiger partial charge in [0.25, 0.3) is 0 Å². The van der Waals surface area contributed by atoms with Gasteiger partial charge in [0.1, 0.15) is 5.75 Å². The van der Waals surface area contributed by atoms with Gasteiger partial charge in [0.15, 0.2) is 0 Å². The topological polar surface area (TPSA) is 80.7 Å². The quantitative estimate of drug-likeness (QED) is 0.820. The summed E-state index contributed by atoms with van der Waals surface area (Å²) in [6.45, 7) is 0. The summed E-state index contributed by atoms with van der Waals surface area (Å²) < 4.78 is 26.1. The Morgan fingerprint density at radius 3 is 2.47 bits per heavy atom. The van der Waals surface area contributed by atoms with Gasteiger partial charge in [-0.25, -0.2) is 4.79 Å². The maximum atomic E-state index is 10.8. The third kappa shape index (κ3) is 3.77. The largest absolute Gasteiger partial charge is 0.478 e. The molecule has 0 saturated carbocycles. The van der Waals surface area contributed by atoms with Crippen LogP contribution in [0.5, 0.6) is 5.75 Å². The Hall–Kier alpha value is -1.27. The van der Waals surface area contributed by atoms with Crippen molar-refractivity contribution >= 4 is 27.7 Å². The van der Waals surface area contributed by atoms with E-state index in [-0.39, 0.29) is 16.3 Å². The molecule has 1 rings (SSSR count). The molecule has 0 atom stereocenters. The summed E-state index contributed by atoms with van der Waals surface area (Å²) in [6, 6.07) is 3.49. The highest BCUT2D eigenvalue weighted by Gasteiger charge is 2.10. The third-order valence-electron chi connectivity index (χ3n) is 1.37. The molecular weight excluding hydrogens is 244 g/mol. The van der Waals surface area contributed by atoms with E-state index in [1.807, 2.05) is 0 Å². The SMILES string of the molecule is CS(=O)(=O)Oc1cc(Cl)cc(C(=O)O)c1. The lowest BCUT2D eigenvalue weighted by Crippen LogP contribution is -2.06. The van der Waals surface area contributed by atoms with Crippen molar-refractivity contribution in [3.05, 3.63) is 28.8 Å². The average molecular weight is 251 g/mol. The molecule has 1 aromatic carbocycles. The summed E-state index contributed by atoms with van der Waals surface area (Å²) >= 11 is 5.58. The number of halogens is 1. The van der Waals surface area contributed by atoms with Gasteiger partial charge in [0.05, 0.1) is 11.8 Å². The maximum Gasteiger partial charge on any atom is 0.335 e. The molecule has 0 saturated heterocycles. The van der Waals surface area contributed by atoms with Crippen LogP contribution in [0.4, 0.5) is 0 Å². The summed E-state index contributed by atoms with van der Waals surface area (Å²) in [7, 11) is -3.69. The highest BCUT2D eigenvalue weighted by atomic mass is 35.5. The van der Waals surface area contributed by atoms with Crippen LogP contribution in [0.15, 0.2) is 18.2 Å².